The summed E-state index contributed by atoms with van der Waals surface area (Å²) in [5.74, 6) is -1.71. The first kappa shape index (κ1) is 15.0. The molecule has 1 aliphatic rings. The largest absolute Gasteiger partial charge is 0.481 e. The van der Waals surface area contributed by atoms with E-state index >= 15 is 0 Å². The number of carbonyl (C=O) groups excluding carboxylic acids is 2. The minimum absolute atomic E-state index is 0.172. The predicted octanol–water partition coefficient (Wildman–Crippen LogP) is 0.339. The summed E-state index contributed by atoms with van der Waals surface area (Å²) in [5, 5.41) is 11.5. The van der Waals surface area contributed by atoms with Crippen molar-refractivity contribution in [3.8, 4) is 0 Å². The molecule has 0 aromatic heterocycles. The summed E-state index contributed by atoms with van der Waals surface area (Å²) < 4.78 is 0. The molecule has 1 aromatic carbocycles. The number of rotatable bonds is 4. The number of nitrogens with zero attached hydrogens (tertiary/aromatic N) is 1. The minimum atomic E-state index is -1.09. The van der Waals surface area contributed by atoms with Crippen molar-refractivity contribution in [1.29, 1.82) is 0 Å². The number of aryl methyl sites for hydroxylation is 1. The van der Waals surface area contributed by atoms with Crippen LogP contribution in [-0.4, -0.2) is 46.9 Å². The van der Waals surface area contributed by atoms with Crippen molar-refractivity contribution in [3.05, 3.63) is 35.4 Å². The van der Waals surface area contributed by atoms with Gasteiger partial charge in [0.15, 0.2) is 0 Å². The van der Waals surface area contributed by atoms with Crippen molar-refractivity contribution >= 4 is 17.8 Å². The molecule has 0 bridgehead atoms. The third-order valence-corrected chi connectivity index (χ3v) is 3.46. The van der Waals surface area contributed by atoms with Crippen LogP contribution >= 0.6 is 0 Å². The van der Waals surface area contributed by atoms with Gasteiger partial charge in [0.1, 0.15) is 6.04 Å². The Hall–Kier alpha value is -2.37. The molecule has 2 rings (SSSR count). The Labute approximate surface area is 122 Å². The number of benzene rings is 1. The zero-order valence-corrected chi connectivity index (χ0v) is 11.8. The van der Waals surface area contributed by atoms with Crippen molar-refractivity contribution in [2.24, 2.45) is 0 Å². The summed E-state index contributed by atoms with van der Waals surface area (Å²) in [7, 11) is 0. The molecule has 1 unspecified atom stereocenters. The fourth-order valence-electron chi connectivity index (χ4n) is 2.48. The predicted molar refractivity (Wildman–Crippen MR) is 75.6 cm³/mol. The lowest BCUT2D eigenvalue weighted by Crippen LogP contribution is -2.58. The number of hydrogen-bond donors (Lipinski definition) is 2. The first-order valence-electron chi connectivity index (χ1n) is 6.82. The van der Waals surface area contributed by atoms with Crippen LogP contribution in [0.4, 0.5) is 0 Å². The zero-order chi connectivity index (χ0) is 15.4. The normalized spacial score (nSPS) is 18.2. The second-order valence-corrected chi connectivity index (χ2v) is 5.16. The summed E-state index contributed by atoms with van der Waals surface area (Å²) in [6.07, 6.45) is -0.198. The van der Waals surface area contributed by atoms with Crippen molar-refractivity contribution in [2.75, 3.05) is 13.1 Å². The smallest absolute Gasteiger partial charge is 0.305 e. The Bertz CT molecular complexity index is 571. The first-order valence-corrected chi connectivity index (χ1v) is 6.82. The highest BCUT2D eigenvalue weighted by Crippen LogP contribution is 2.13. The van der Waals surface area contributed by atoms with E-state index in [1.807, 2.05) is 31.2 Å². The van der Waals surface area contributed by atoms with Crippen LogP contribution in [0, 0.1) is 6.92 Å². The standard InChI is InChI=1S/C15H18N2O4/c1-10-3-2-4-11(7-10)8-13(18)17-6-5-16-15(21)12(17)9-14(19)20/h2-4,7,12H,5-6,8-9H2,1H3,(H,16,21)(H,19,20). The van der Waals surface area contributed by atoms with Gasteiger partial charge in [-0.2, -0.15) is 0 Å². The molecule has 1 heterocycles. The van der Waals surface area contributed by atoms with E-state index in [-0.39, 0.29) is 18.7 Å². The Morgan fingerprint density at radius 3 is 2.86 bits per heavy atom. The molecule has 0 radical (unpaired) electrons. The number of nitrogens with one attached hydrogen (secondary N) is 1. The minimum Gasteiger partial charge on any atom is -0.481 e. The van der Waals surface area contributed by atoms with Gasteiger partial charge in [0, 0.05) is 13.1 Å². The number of amides is 2. The maximum atomic E-state index is 12.4. The Kier molecular flexibility index (Phi) is 4.57. The third-order valence-electron chi connectivity index (χ3n) is 3.46. The highest BCUT2D eigenvalue weighted by Gasteiger charge is 2.34. The molecular formula is C15H18N2O4. The van der Waals surface area contributed by atoms with Gasteiger partial charge in [-0.05, 0) is 12.5 Å². The van der Waals surface area contributed by atoms with E-state index in [0.29, 0.717) is 13.1 Å². The van der Waals surface area contributed by atoms with E-state index in [0.717, 1.165) is 11.1 Å². The number of aliphatic carboxylic acids is 1. The molecule has 1 saturated heterocycles. The molecule has 21 heavy (non-hydrogen) atoms. The quantitative estimate of drug-likeness (QED) is 0.837. The SMILES string of the molecule is Cc1cccc(CC(=O)N2CCNC(=O)C2CC(=O)O)c1. The van der Waals surface area contributed by atoms with Crippen LogP contribution in [-0.2, 0) is 20.8 Å². The van der Waals surface area contributed by atoms with Gasteiger partial charge in [0.2, 0.25) is 11.8 Å². The molecule has 0 spiro atoms. The molecule has 2 amide bonds. The van der Waals surface area contributed by atoms with E-state index in [2.05, 4.69) is 5.32 Å². The molecule has 1 aliphatic heterocycles. The van der Waals surface area contributed by atoms with Gasteiger partial charge in [-0.1, -0.05) is 29.8 Å². The van der Waals surface area contributed by atoms with Crippen LogP contribution in [0.1, 0.15) is 17.5 Å². The van der Waals surface area contributed by atoms with Crippen molar-refractivity contribution in [3.63, 3.8) is 0 Å². The van der Waals surface area contributed by atoms with Gasteiger partial charge >= 0.3 is 5.97 Å². The van der Waals surface area contributed by atoms with Crippen LogP contribution in [0.25, 0.3) is 0 Å². The second-order valence-electron chi connectivity index (χ2n) is 5.16. The number of carboxylic acids is 1. The van der Waals surface area contributed by atoms with Crippen molar-refractivity contribution < 1.29 is 19.5 Å². The molecule has 0 aliphatic carbocycles. The average molecular weight is 290 g/mol. The monoisotopic (exact) mass is 290 g/mol. The topological polar surface area (TPSA) is 86.7 Å². The molecule has 6 heteroatoms. The van der Waals surface area contributed by atoms with Crippen LogP contribution in [0.15, 0.2) is 24.3 Å². The lowest BCUT2D eigenvalue weighted by Gasteiger charge is -2.34. The highest BCUT2D eigenvalue weighted by molar-refractivity contribution is 5.92. The van der Waals surface area contributed by atoms with Gasteiger partial charge in [-0.15, -0.1) is 0 Å². The summed E-state index contributed by atoms with van der Waals surface area (Å²) in [6, 6.07) is 6.65. The van der Waals surface area contributed by atoms with Gasteiger partial charge in [0.05, 0.1) is 12.8 Å². The fraction of sp³-hybridized carbons (Fsp3) is 0.400. The molecule has 112 valence electrons. The summed E-state index contributed by atoms with van der Waals surface area (Å²) in [5.41, 5.74) is 1.92. The van der Waals surface area contributed by atoms with Crippen molar-refractivity contribution in [1.82, 2.24) is 10.2 Å². The van der Waals surface area contributed by atoms with Gasteiger partial charge in [0.25, 0.3) is 0 Å². The molecular weight excluding hydrogens is 272 g/mol. The van der Waals surface area contributed by atoms with E-state index < -0.39 is 17.9 Å². The van der Waals surface area contributed by atoms with Gasteiger partial charge in [-0.3, -0.25) is 14.4 Å². The Balaban J connectivity index is 2.11. The Morgan fingerprint density at radius 1 is 1.43 bits per heavy atom. The number of carbonyl (C=O) groups is 3. The van der Waals surface area contributed by atoms with E-state index in [1.165, 1.54) is 4.90 Å². The van der Waals surface area contributed by atoms with Crippen LogP contribution in [0.2, 0.25) is 0 Å². The second kappa shape index (κ2) is 6.39. The maximum Gasteiger partial charge on any atom is 0.305 e. The van der Waals surface area contributed by atoms with Crippen LogP contribution < -0.4 is 5.32 Å². The molecule has 1 aromatic rings. The van der Waals surface area contributed by atoms with E-state index in [4.69, 9.17) is 5.11 Å². The molecule has 0 saturated carbocycles. The Morgan fingerprint density at radius 2 is 2.19 bits per heavy atom. The van der Waals surface area contributed by atoms with E-state index in [1.54, 1.807) is 0 Å². The van der Waals surface area contributed by atoms with Gasteiger partial charge < -0.3 is 15.3 Å². The summed E-state index contributed by atoms with van der Waals surface area (Å²) >= 11 is 0. The summed E-state index contributed by atoms with van der Waals surface area (Å²) in [4.78, 5) is 36.4. The average Bonchev–Trinajstić information content (AvgIpc) is 2.40. The first-order chi connectivity index (χ1) is 9.97. The highest BCUT2D eigenvalue weighted by atomic mass is 16.4. The number of hydrogen-bond acceptors (Lipinski definition) is 3. The zero-order valence-electron chi connectivity index (χ0n) is 11.8. The number of piperazine rings is 1. The van der Waals surface area contributed by atoms with E-state index in [9.17, 15) is 14.4 Å². The van der Waals surface area contributed by atoms with Gasteiger partial charge in [-0.25, -0.2) is 0 Å². The maximum absolute atomic E-state index is 12.4. The van der Waals surface area contributed by atoms with Crippen LogP contribution in [0.3, 0.4) is 0 Å². The number of carboxylic acid groups (broad SMARTS) is 1. The molecule has 6 nitrogen and oxygen atoms in total. The fourth-order valence-corrected chi connectivity index (χ4v) is 2.48. The molecule has 2 N–H and O–H groups in total. The molecule has 1 atom stereocenters. The molecule has 1 fully saturated rings. The van der Waals surface area contributed by atoms with Crippen molar-refractivity contribution in [2.45, 2.75) is 25.8 Å². The lowest BCUT2D eigenvalue weighted by molar-refractivity contribution is -0.148. The summed E-state index contributed by atoms with van der Waals surface area (Å²) in [6.45, 7) is 2.64. The van der Waals surface area contributed by atoms with Crippen LogP contribution in [0.5, 0.6) is 0 Å². The lowest BCUT2D eigenvalue weighted by atomic mass is 10.0. The third kappa shape index (κ3) is 3.81.